The fourth-order valence-corrected chi connectivity index (χ4v) is 5.87. The molecule has 1 aromatic heterocycles. The first kappa shape index (κ1) is 28.8. The number of hydrogen-bond acceptors (Lipinski definition) is 5. The predicted octanol–water partition coefficient (Wildman–Crippen LogP) is 5.66. The fraction of sp³-hybridized carbons (Fsp3) is 0.448. The van der Waals surface area contributed by atoms with Crippen molar-refractivity contribution in [1.82, 2.24) is 9.47 Å². The quantitative estimate of drug-likeness (QED) is 0.365. The molecule has 1 saturated carbocycles. The molecule has 3 aromatic rings. The summed E-state index contributed by atoms with van der Waals surface area (Å²) in [5, 5.41) is 7.43. The first-order valence-electron chi connectivity index (χ1n) is 13.0. The van der Waals surface area contributed by atoms with E-state index in [-0.39, 0.29) is 17.5 Å². The van der Waals surface area contributed by atoms with Crippen molar-refractivity contribution >= 4 is 32.1 Å². The number of hydrogen-bond donors (Lipinski definition) is 2. The van der Waals surface area contributed by atoms with Crippen LogP contribution in [0.25, 0.3) is 10.9 Å². The van der Waals surface area contributed by atoms with E-state index in [1.807, 2.05) is 6.07 Å². The zero-order chi connectivity index (χ0) is 28.4. The van der Waals surface area contributed by atoms with E-state index in [4.69, 9.17) is 0 Å². The Balaban J connectivity index is 1.56. The second kappa shape index (κ2) is 11.5. The zero-order valence-electron chi connectivity index (χ0n) is 22.7. The lowest BCUT2D eigenvalue weighted by molar-refractivity contribution is -0.140. The van der Waals surface area contributed by atoms with Crippen LogP contribution in [0.15, 0.2) is 47.4 Å². The minimum atomic E-state index is -4.40. The van der Waals surface area contributed by atoms with Crippen molar-refractivity contribution in [3.05, 3.63) is 53.7 Å². The van der Waals surface area contributed by atoms with E-state index in [2.05, 4.69) is 41.5 Å². The minimum Gasteiger partial charge on any atom is -0.382 e. The maximum Gasteiger partial charge on any atom is 0.406 e. The summed E-state index contributed by atoms with van der Waals surface area (Å²) in [4.78, 5) is 2.48. The molecule has 0 aliphatic heterocycles. The summed E-state index contributed by atoms with van der Waals surface area (Å²) < 4.78 is 65.3. The molecule has 1 heterocycles. The average molecular weight is 561 g/mol. The molecule has 210 valence electrons. The zero-order valence-corrected chi connectivity index (χ0v) is 23.5. The van der Waals surface area contributed by atoms with Crippen LogP contribution in [0.5, 0.6) is 0 Å². The van der Waals surface area contributed by atoms with Crippen molar-refractivity contribution in [3.8, 4) is 11.8 Å². The van der Waals surface area contributed by atoms with Gasteiger partial charge in [-0.2, -0.15) is 13.2 Å². The molecule has 1 aliphatic carbocycles. The lowest BCUT2D eigenvalue weighted by Gasteiger charge is -2.33. The Morgan fingerprint density at radius 1 is 1.05 bits per heavy atom. The summed E-state index contributed by atoms with van der Waals surface area (Å²) in [5.74, 6) is 5.85. The molecule has 6 nitrogen and oxygen atoms in total. The molecule has 39 heavy (non-hydrogen) atoms. The highest BCUT2D eigenvalue weighted by molar-refractivity contribution is 7.90. The molecule has 0 bridgehead atoms. The lowest BCUT2D eigenvalue weighted by atomic mass is 9.90. The Bertz CT molecular complexity index is 1490. The first-order valence-corrected chi connectivity index (χ1v) is 14.9. The van der Waals surface area contributed by atoms with Crippen LogP contribution < -0.4 is 10.6 Å². The summed E-state index contributed by atoms with van der Waals surface area (Å²) in [6.45, 7) is 0.845. The molecule has 1 fully saturated rings. The van der Waals surface area contributed by atoms with E-state index < -0.39 is 22.6 Å². The van der Waals surface area contributed by atoms with Gasteiger partial charge < -0.3 is 20.1 Å². The monoisotopic (exact) mass is 560 g/mol. The molecule has 1 aliphatic rings. The highest BCUT2D eigenvalue weighted by atomic mass is 32.2. The molecule has 0 unspecified atom stereocenters. The third-order valence-electron chi connectivity index (χ3n) is 7.28. The van der Waals surface area contributed by atoms with Gasteiger partial charge in [0.05, 0.1) is 22.7 Å². The van der Waals surface area contributed by atoms with Crippen molar-refractivity contribution in [3.63, 3.8) is 0 Å². The van der Waals surface area contributed by atoms with Crippen LogP contribution in [-0.2, 0) is 16.4 Å². The van der Waals surface area contributed by atoms with E-state index in [0.717, 1.165) is 48.6 Å². The largest absolute Gasteiger partial charge is 0.406 e. The van der Waals surface area contributed by atoms with Gasteiger partial charge in [-0.15, -0.1) is 0 Å². The highest BCUT2D eigenvalue weighted by Gasteiger charge is 2.30. The van der Waals surface area contributed by atoms with Crippen LogP contribution in [0.3, 0.4) is 0 Å². The van der Waals surface area contributed by atoms with E-state index in [0.29, 0.717) is 22.9 Å². The van der Waals surface area contributed by atoms with E-state index in [9.17, 15) is 21.6 Å². The Morgan fingerprint density at radius 3 is 2.38 bits per heavy atom. The molecule has 2 aromatic carbocycles. The number of fused-ring (bicyclic) bond motifs is 1. The molecule has 10 heteroatoms. The molecule has 0 spiro atoms. The molecule has 0 atom stereocenters. The number of benzene rings is 2. The van der Waals surface area contributed by atoms with Crippen LogP contribution in [0.4, 0.5) is 24.5 Å². The number of rotatable bonds is 7. The van der Waals surface area contributed by atoms with Gasteiger partial charge in [0.25, 0.3) is 0 Å². The minimum absolute atomic E-state index is 0.187. The molecule has 0 amide bonds. The summed E-state index contributed by atoms with van der Waals surface area (Å²) in [7, 11) is 0.875. The Kier molecular flexibility index (Phi) is 8.52. The Morgan fingerprint density at radius 2 is 1.77 bits per heavy atom. The van der Waals surface area contributed by atoms with Crippen LogP contribution in [-0.4, -0.2) is 63.0 Å². The number of alkyl halides is 3. The summed E-state index contributed by atoms with van der Waals surface area (Å²) in [6, 6.07) is 12.7. The number of halogens is 3. The summed E-state index contributed by atoms with van der Waals surface area (Å²) >= 11 is 0. The third-order valence-corrected chi connectivity index (χ3v) is 8.39. The van der Waals surface area contributed by atoms with Crippen molar-refractivity contribution in [1.29, 1.82) is 0 Å². The van der Waals surface area contributed by atoms with Crippen molar-refractivity contribution in [2.45, 2.75) is 62.3 Å². The normalized spacial score (nSPS) is 18.2. The Hall–Kier alpha value is -3.16. The van der Waals surface area contributed by atoms with Gasteiger partial charge in [-0.05, 0) is 94.6 Å². The summed E-state index contributed by atoms with van der Waals surface area (Å²) in [5.41, 5.74) is 3.05. The smallest absolute Gasteiger partial charge is 0.382 e. The van der Waals surface area contributed by atoms with Gasteiger partial charge in [-0.25, -0.2) is 8.42 Å². The number of nitrogens with one attached hydrogen (secondary N) is 2. The SMILES string of the molecule is Cc1cc(S(C)(=O)=O)ccc1NCC#Cc1cc2c(N[C@H]3CC[C@H](N(C)C)CC3)cccc2n1CC(F)(F)F. The maximum absolute atomic E-state index is 13.5. The van der Waals surface area contributed by atoms with Gasteiger partial charge in [0.1, 0.15) is 6.54 Å². The topological polar surface area (TPSA) is 66.4 Å². The number of sulfone groups is 1. The highest BCUT2D eigenvalue weighted by Crippen LogP contribution is 2.32. The summed E-state index contributed by atoms with van der Waals surface area (Å²) in [6.07, 6.45) is 0.923. The third kappa shape index (κ3) is 7.28. The predicted molar refractivity (Wildman–Crippen MR) is 151 cm³/mol. The van der Waals surface area contributed by atoms with Crippen molar-refractivity contribution in [2.24, 2.45) is 0 Å². The number of nitrogens with zero attached hydrogens (tertiary/aromatic N) is 2. The molecule has 4 rings (SSSR count). The number of aromatic nitrogens is 1. The van der Waals surface area contributed by atoms with Gasteiger partial charge in [-0.3, -0.25) is 0 Å². The molecule has 0 saturated heterocycles. The second-order valence-electron chi connectivity index (χ2n) is 10.5. The van der Waals surface area contributed by atoms with Gasteiger partial charge in [0, 0.05) is 35.1 Å². The van der Waals surface area contributed by atoms with Crippen LogP contribution in [0.2, 0.25) is 0 Å². The lowest BCUT2D eigenvalue weighted by Crippen LogP contribution is -2.36. The van der Waals surface area contributed by atoms with Gasteiger partial charge >= 0.3 is 6.18 Å². The molecular formula is C29H35F3N4O2S. The van der Waals surface area contributed by atoms with Crippen LogP contribution in [0, 0.1) is 18.8 Å². The average Bonchev–Trinajstić information content (AvgIpc) is 3.19. The van der Waals surface area contributed by atoms with Gasteiger partial charge in [0.15, 0.2) is 9.84 Å². The molecule has 0 radical (unpaired) electrons. The van der Waals surface area contributed by atoms with E-state index in [1.54, 1.807) is 37.3 Å². The maximum atomic E-state index is 13.5. The second-order valence-corrected chi connectivity index (χ2v) is 12.5. The number of aryl methyl sites for hydroxylation is 1. The van der Waals surface area contributed by atoms with Gasteiger partial charge in [0.2, 0.25) is 0 Å². The Labute approximate surface area is 228 Å². The standard InChI is InChI=1S/C29H35F3N4O2S/c1-20-17-24(39(4,37)38)14-15-26(20)33-16-6-7-23-18-25-27(34-21-10-12-22(13-11-21)35(2)3)8-5-9-28(25)36(23)19-29(30,31)32/h5,8-9,14-15,17-18,21-22,33-34H,10-13,16,19H2,1-4H3/t21-,22-. The van der Waals surface area contributed by atoms with Crippen LogP contribution >= 0.6 is 0 Å². The fourth-order valence-electron chi connectivity index (χ4n) is 5.16. The van der Waals surface area contributed by atoms with Crippen molar-refractivity contribution in [2.75, 3.05) is 37.5 Å². The van der Waals surface area contributed by atoms with Gasteiger partial charge in [-0.1, -0.05) is 12.0 Å². The molecule has 2 N–H and O–H groups in total. The first-order chi connectivity index (χ1) is 18.3. The molecular weight excluding hydrogens is 525 g/mol. The van der Waals surface area contributed by atoms with Crippen LogP contribution in [0.1, 0.15) is 36.9 Å². The number of anilines is 2. The van der Waals surface area contributed by atoms with E-state index in [1.165, 1.54) is 10.6 Å². The van der Waals surface area contributed by atoms with Crippen molar-refractivity contribution < 1.29 is 21.6 Å². The van der Waals surface area contributed by atoms with E-state index >= 15 is 0 Å².